The van der Waals surface area contributed by atoms with Gasteiger partial charge in [-0.25, -0.2) is 0 Å². The van der Waals surface area contributed by atoms with Crippen LogP contribution in [0.25, 0.3) is 0 Å². The summed E-state index contributed by atoms with van der Waals surface area (Å²) in [6, 6.07) is 6.46. The fourth-order valence-electron chi connectivity index (χ4n) is 1.12. The quantitative estimate of drug-likeness (QED) is 0.749. The van der Waals surface area contributed by atoms with E-state index in [1.807, 2.05) is 0 Å². The lowest BCUT2D eigenvalue weighted by atomic mass is 10.1. The average molecular weight is 235 g/mol. The maximum Gasteiger partial charge on any atom is 0.380 e. The number of hydrogen-bond donors (Lipinski definition) is 0. The van der Waals surface area contributed by atoms with Gasteiger partial charge < -0.3 is 4.74 Å². The minimum Gasteiger partial charge on any atom is -0.496 e. The van der Waals surface area contributed by atoms with Gasteiger partial charge in [-0.15, -0.1) is 0 Å². The topological polar surface area (TPSA) is 26.3 Å². The third kappa shape index (κ3) is 3.16. The minimum atomic E-state index is -3.82. The van der Waals surface area contributed by atoms with E-state index in [1.165, 1.54) is 7.11 Å². The number of benzene rings is 1. The standard InChI is InChI=1S/C10H9ClF2O2/c1-15-8-5-3-2-4-7(8)6-9(14)10(11,12)13/h2-5H,6H2,1H3. The molecule has 0 heterocycles. The fraction of sp³-hybridized carbons (Fsp3) is 0.300. The molecule has 0 saturated carbocycles. The van der Waals surface area contributed by atoms with Crippen molar-refractivity contribution in [3.05, 3.63) is 29.8 Å². The third-order valence-electron chi connectivity index (χ3n) is 1.86. The summed E-state index contributed by atoms with van der Waals surface area (Å²) in [5.41, 5.74) is 0.394. The Labute approximate surface area is 90.8 Å². The van der Waals surface area contributed by atoms with Gasteiger partial charge in [0.2, 0.25) is 5.78 Å². The Morgan fingerprint density at radius 1 is 1.47 bits per heavy atom. The van der Waals surface area contributed by atoms with Gasteiger partial charge in [0, 0.05) is 12.0 Å². The molecule has 82 valence electrons. The zero-order valence-corrected chi connectivity index (χ0v) is 8.72. The molecule has 0 amide bonds. The predicted octanol–water partition coefficient (Wildman–Crippen LogP) is 2.64. The van der Waals surface area contributed by atoms with Crippen LogP contribution >= 0.6 is 11.6 Å². The average Bonchev–Trinajstić information content (AvgIpc) is 2.17. The molecule has 1 rings (SSSR count). The largest absolute Gasteiger partial charge is 0.496 e. The van der Waals surface area contributed by atoms with Crippen LogP contribution in [0.3, 0.4) is 0 Å². The molecule has 0 aliphatic carbocycles. The molecule has 1 aromatic carbocycles. The number of Topliss-reactive ketones (excluding diaryl/α,β-unsaturated/α-hetero) is 1. The Hall–Kier alpha value is -1.16. The normalized spacial score (nSPS) is 11.2. The van der Waals surface area contributed by atoms with Crippen LogP contribution in [0, 0.1) is 0 Å². The number of halogens is 3. The van der Waals surface area contributed by atoms with Crippen molar-refractivity contribution >= 4 is 17.4 Å². The van der Waals surface area contributed by atoms with Gasteiger partial charge in [-0.3, -0.25) is 4.79 Å². The zero-order chi connectivity index (χ0) is 11.5. The van der Waals surface area contributed by atoms with E-state index in [0.717, 1.165) is 0 Å². The molecule has 0 aromatic heterocycles. The first-order chi connectivity index (χ1) is 6.95. The van der Waals surface area contributed by atoms with Crippen molar-refractivity contribution in [1.82, 2.24) is 0 Å². The molecule has 5 heteroatoms. The van der Waals surface area contributed by atoms with Gasteiger partial charge in [0.05, 0.1) is 7.11 Å². The SMILES string of the molecule is COc1ccccc1CC(=O)C(F)(F)Cl. The maximum absolute atomic E-state index is 12.4. The van der Waals surface area contributed by atoms with Crippen LogP contribution in [0.15, 0.2) is 24.3 Å². The first-order valence-electron chi connectivity index (χ1n) is 4.17. The van der Waals surface area contributed by atoms with E-state index in [1.54, 1.807) is 24.3 Å². The van der Waals surface area contributed by atoms with Gasteiger partial charge in [-0.1, -0.05) is 18.2 Å². The number of ether oxygens (including phenoxy) is 1. The smallest absolute Gasteiger partial charge is 0.380 e. The highest BCUT2D eigenvalue weighted by Crippen LogP contribution is 2.25. The van der Waals surface area contributed by atoms with Crippen molar-refractivity contribution < 1.29 is 18.3 Å². The monoisotopic (exact) mass is 234 g/mol. The number of carbonyl (C=O) groups is 1. The minimum absolute atomic E-state index is 0.394. The number of hydrogen-bond acceptors (Lipinski definition) is 2. The number of ketones is 1. The predicted molar refractivity (Wildman–Crippen MR) is 52.5 cm³/mol. The molecule has 0 spiro atoms. The Morgan fingerprint density at radius 2 is 2.07 bits per heavy atom. The highest BCUT2D eigenvalue weighted by atomic mass is 35.5. The second-order valence-corrected chi connectivity index (χ2v) is 3.38. The Balaban J connectivity index is 2.85. The molecule has 0 fully saturated rings. The number of alkyl halides is 3. The van der Waals surface area contributed by atoms with Crippen molar-refractivity contribution in [2.45, 2.75) is 11.8 Å². The molecule has 2 nitrogen and oxygen atoms in total. The second kappa shape index (κ2) is 4.57. The van der Waals surface area contributed by atoms with Gasteiger partial charge in [0.15, 0.2) is 0 Å². The number of rotatable bonds is 4. The molecule has 0 bridgehead atoms. The molecule has 0 N–H and O–H groups in total. The summed E-state index contributed by atoms with van der Waals surface area (Å²) < 4.78 is 29.7. The van der Waals surface area contributed by atoms with Gasteiger partial charge in [0.25, 0.3) is 0 Å². The molecule has 15 heavy (non-hydrogen) atoms. The van der Waals surface area contributed by atoms with Crippen molar-refractivity contribution in [2.24, 2.45) is 0 Å². The Bertz CT molecular complexity index is 361. The molecule has 0 aliphatic rings. The third-order valence-corrected chi connectivity index (χ3v) is 2.07. The van der Waals surface area contributed by atoms with Gasteiger partial charge in [-0.2, -0.15) is 8.78 Å². The Kier molecular flexibility index (Phi) is 3.63. The van der Waals surface area contributed by atoms with E-state index in [-0.39, 0.29) is 0 Å². The molecule has 0 saturated heterocycles. The second-order valence-electron chi connectivity index (χ2n) is 2.91. The summed E-state index contributed by atoms with van der Waals surface area (Å²) >= 11 is 4.61. The molecule has 0 unspecified atom stereocenters. The zero-order valence-electron chi connectivity index (χ0n) is 7.97. The molecule has 0 radical (unpaired) electrons. The Morgan fingerprint density at radius 3 is 2.60 bits per heavy atom. The first kappa shape index (κ1) is 11.9. The lowest BCUT2D eigenvalue weighted by Crippen LogP contribution is -2.23. The molecular formula is C10H9ClF2O2. The number of carbonyl (C=O) groups excluding carboxylic acids is 1. The van der Waals surface area contributed by atoms with E-state index in [9.17, 15) is 13.6 Å². The summed E-state index contributed by atoms with van der Waals surface area (Å²) in [7, 11) is 1.40. The van der Waals surface area contributed by atoms with Crippen molar-refractivity contribution in [2.75, 3.05) is 7.11 Å². The molecular weight excluding hydrogens is 226 g/mol. The van der Waals surface area contributed by atoms with Crippen LogP contribution < -0.4 is 4.74 Å². The van der Waals surface area contributed by atoms with Crippen LogP contribution in [-0.4, -0.2) is 18.3 Å². The fourth-order valence-corrected chi connectivity index (χ4v) is 1.19. The van der Waals surface area contributed by atoms with Crippen molar-refractivity contribution in [3.8, 4) is 5.75 Å². The van der Waals surface area contributed by atoms with Gasteiger partial charge >= 0.3 is 5.38 Å². The van der Waals surface area contributed by atoms with Crippen LogP contribution in [0.2, 0.25) is 0 Å². The van der Waals surface area contributed by atoms with Gasteiger partial charge in [0.1, 0.15) is 5.75 Å². The van der Waals surface area contributed by atoms with E-state index in [2.05, 4.69) is 11.6 Å². The lowest BCUT2D eigenvalue weighted by molar-refractivity contribution is -0.132. The lowest BCUT2D eigenvalue weighted by Gasteiger charge is -2.09. The summed E-state index contributed by atoms with van der Waals surface area (Å²) in [6.45, 7) is 0. The summed E-state index contributed by atoms with van der Waals surface area (Å²) in [6.07, 6.45) is -0.444. The highest BCUT2D eigenvalue weighted by Gasteiger charge is 2.35. The first-order valence-corrected chi connectivity index (χ1v) is 4.55. The summed E-state index contributed by atoms with van der Waals surface area (Å²) in [5.74, 6) is -0.944. The van der Waals surface area contributed by atoms with E-state index in [0.29, 0.717) is 11.3 Å². The van der Waals surface area contributed by atoms with E-state index < -0.39 is 17.6 Å². The van der Waals surface area contributed by atoms with E-state index >= 15 is 0 Å². The van der Waals surface area contributed by atoms with Crippen LogP contribution in [0.5, 0.6) is 5.75 Å². The molecule has 0 atom stereocenters. The van der Waals surface area contributed by atoms with Crippen LogP contribution in [-0.2, 0) is 11.2 Å². The molecule has 1 aromatic rings. The number of para-hydroxylation sites is 1. The van der Waals surface area contributed by atoms with Crippen molar-refractivity contribution in [1.29, 1.82) is 0 Å². The number of methoxy groups -OCH3 is 1. The van der Waals surface area contributed by atoms with E-state index in [4.69, 9.17) is 4.74 Å². The highest BCUT2D eigenvalue weighted by molar-refractivity contribution is 6.32. The maximum atomic E-state index is 12.4. The summed E-state index contributed by atoms with van der Waals surface area (Å²) in [4.78, 5) is 11.0. The summed E-state index contributed by atoms with van der Waals surface area (Å²) in [5, 5.41) is -3.82. The van der Waals surface area contributed by atoms with Gasteiger partial charge in [-0.05, 0) is 17.7 Å². The molecule has 0 aliphatic heterocycles. The van der Waals surface area contributed by atoms with Crippen LogP contribution in [0.1, 0.15) is 5.56 Å². The van der Waals surface area contributed by atoms with Crippen molar-refractivity contribution in [3.63, 3.8) is 0 Å². The van der Waals surface area contributed by atoms with Crippen LogP contribution in [0.4, 0.5) is 8.78 Å².